The van der Waals surface area contributed by atoms with Gasteiger partial charge in [-0.05, 0) is 52.9 Å². The van der Waals surface area contributed by atoms with Crippen LogP contribution < -0.4 is 9.46 Å². The molecule has 1 heterocycles. The molecule has 4 rings (SSSR count). The van der Waals surface area contributed by atoms with Crippen LogP contribution in [0.3, 0.4) is 0 Å². The molecule has 0 saturated carbocycles. The highest BCUT2D eigenvalue weighted by Gasteiger charge is 2.20. The molecule has 3 aromatic carbocycles. The summed E-state index contributed by atoms with van der Waals surface area (Å²) in [5.74, 6) is -0.229. The van der Waals surface area contributed by atoms with E-state index in [9.17, 15) is 18.3 Å². The van der Waals surface area contributed by atoms with Crippen LogP contribution in [0.15, 0.2) is 83.8 Å². The van der Waals surface area contributed by atoms with Gasteiger partial charge in [0.15, 0.2) is 0 Å². The quantitative estimate of drug-likeness (QED) is 0.532. The molecular weight excluding hydrogens is 426 g/mol. The fraction of sp³-hybridized carbons (Fsp3) is 0.160. The molecule has 0 bridgehead atoms. The lowest BCUT2D eigenvalue weighted by Gasteiger charge is -2.12. The molecule has 0 aliphatic carbocycles. The highest BCUT2D eigenvalue weighted by Crippen LogP contribution is 2.37. The molecule has 0 atom stereocenters. The van der Waals surface area contributed by atoms with E-state index in [1.54, 1.807) is 42.5 Å². The summed E-state index contributed by atoms with van der Waals surface area (Å²) in [5.41, 5.74) is 4.39. The summed E-state index contributed by atoms with van der Waals surface area (Å²) < 4.78 is 33.6. The van der Waals surface area contributed by atoms with Crippen molar-refractivity contribution in [2.75, 3.05) is 6.54 Å². The van der Waals surface area contributed by atoms with Crippen LogP contribution in [-0.2, 0) is 27.8 Å². The molecule has 0 spiro atoms. The second-order valence-corrected chi connectivity index (χ2v) is 9.23. The van der Waals surface area contributed by atoms with Crippen LogP contribution in [0, 0.1) is 0 Å². The van der Waals surface area contributed by atoms with Crippen molar-refractivity contribution in [2.24, 2.45) is 0 Å². The number of nitrogens with one attached hydrogen (secondary N) is 1. The van der Waals surface area contributed by atoms with E-state index in [4.69, 9.17) is 4.74 Å². The van der Waals surface area contributed by atoms with Gasteiger partial charge in [0, 0.05) is 12.1 Å². The summed E-state index contributed by atoms with van der Waals surface area (Å²) in [6.07, 6.45) is 2.35. The lowest BCUT2D eigenvalue weighted by atomic mass is 9.92. The van der Waals surface area contributed by atoms with Gasteiger partial charge in [-0.25, -0.2) is 13.1 Å². The lowest BCUT2D eigenvalue weighted by Crippen LogP contribution is -2.24. The summed E-state index contributed by atoms with van der Waals surface area (Å²) in [5, 5.41) is 9.18. The highest BCUT2D eigenvalue weighted by atomic mass is 32.2. The summed E-state index contributed by atoms with van der Waals surface area (Å²) >= 11 is 0. The maximum atomic E-state index is 12.5. The number of rotatable bonds is 7. The fourth-order valence-corrected chi connectivity index (χ4v) is 4.79. The number of hydrogen-bond donors (Lipinski definition) is 2. The molecule has 0 amide bonds. The number of ether oxygens (including phenoxy) is 1. The molecule has 32 heavy (non-hydrogen) atoms. The van der Waals surface area contributed by atoms with Gasteiger partial charge >= 0.3 is 5.97 Å². The molecule has 3 aromatic rings. The Balaban J connectivity index is 1.63. The normalized spacial score (nSPS) is 14.2. The molecule has 0 aromatic heterocycles. The highest BCUT2D eigenvalue weighted by molar-refractivity contribution is 7.89. The van der Waals surface area contributed by atoms with Gasteiger partial charge in [0.2, 0.25) is 10.0 Å². The number of carboxylic acids is 1. The largest absolute Gasteiger partial charge is 0.488 e. The Morgan fingerprint density at radius 1 is 1.00 bits per heavy atom. The molecule has 0 unspecified atom stereocenters. The van der Waals surface area contributed by atoms with E-state index in [2.05, 4.69) is 4.72 Å². The van der Waals surface area contributed by atoms with Crippen LogP contribution >= 0.6 is 0 Å². The molecular formula is C25H23NO5S. The molecule has 1 aliphatic rings. The molecule has 2 N–H and O–H groups in total. The van der Waals surface area contributed by atoms with Crippen molar-refractivity contribution in [3.63, 3.8) is 0 Å². The summed E-state index contributed by atoms with van der Waals surface area (Å²) in [6.45, 7) is 0.632. The predicted octanol–water partition coefficient (Wildman–Crippen LogP) is 4.01. The van der Waals surface area contributed by atoms with Gasteiger partial charge in [0.1, 0.15) is 12.4 Å². The summed E-state index contributed by atoms with van der Waals surface area (Å²) in [6, 6.07) is 21.5. The molecule has 6 nitrogen and oxygen atoms in total. The van der Waals surface area contributed by atoms with Gasteiger partial charge in [-0.3, -0.25) is 4.79 Å². The van der Waals surface area contributed by atoms with E-state index in [-0.39, 0.29) is 17.9 Å². The van der Waals surface area contributed by atoms with Crippen molar-refractivity contribution >= 4 is 21.6 Å². The number of carboxylic acid groups (broad SMARTS) is 1. The van der Waals surface area contributed by atoms with Crippen molar-refractivity contribution in [3.05, 3.63) is 101 Å². The minimum absolute atomic E-state index is 0.0842. The zero-order valence-corrected chi connectivity index (χ0v) is 18.1. The fourth-order valence-electron chi connectivity index (χ4n) is 3.72. The standard InChI is InChI=1S/C25H23NO5S/c27-25(28)16-18-12-13-24-23(15-18)22(21-10-5-4-7-19(21)17-31-24)11-6-14-26-32(29,30)20-8-2-1-3-9-20/h1-5,7-13,15,26H,6,14,16-17H2,(H,27,28)/b22-11-. The maximum absolute atomic E-state index is 12.5. The van der Waals surface area contributed by atoms with Crippen LogP contribution in [0.2, 0.25) is 0 Å². The lowest BCUT2D eigenvalue weighted by molar-refractivity contribution is -0.136. The topological polar surface area (TPSA) is 92.7 Å². The van der Waals surface area contributed by atoms with Crippen molar-refractivity contribution in [2.45, 2.75) is 24.3 Å². The zero-order chi connectivity index (χ0) is 22.6. The smallest absolute Gasteiger partial charge is 0.307 e. The van der Waals surface area contributed by atoms with E-state index in [0.717, 1.165) is 22.3 Å². The molecule has 0 saturated heterocycles. The van der Waals surface area contributed by atoms with E-state index in [1.165, 1.54) is 0 Å². The first-order valence-corrected chi connectivity index (χ1v) is 11.7. The Labute approximate surface area is 187 Å². The maximum Gasteiger partial charge on any atom is 0.307 e. The number of sulfonamides is 1. The number of fused-ring (bicyclic) bond motifs is 2. The number of aliphatic carboxylic acids is 1. The SMILES string of the molecule is O=C(O)Cc1ccc2c(c1)/C(=C\CCNS(=O)(=O)c1ccccc1)c1ccccc1CO2. The molecule has 164 valence electrons. The molecule has 7 heteroatoms. The minimum Gasteiger partial charge on any atom is -0.488 e. The average Bonchev–Trinajstić information content (AvgIpc) is 2.94. The third-order valence-corrected chi connectivity index (χ3v) is 6.70. The van der Waals surface area contributed by atoms with Gasteiger partial charge < -0.3 is 9.84 Å². The predicted molar refractivity (Wildman–Crippen MR) is 122 cm³/mol. The van der Waals surface area contributed by atoms with Crippen LogP contribution in [0.4, 0.5) is 0 Å². The monoisotopic (exact) mass is 449 g/mol. The second-order valence-electron chi connectivity index (χ2n) is 7.46. The summed E-state index contributed by atoms with van der Waals surface area (Å²) in [4.78, 5) is 11.4. The van der Waals surface area contributed by atoms with Crippen LogP contribution in [0.5, 0.6) is 5.75 Å². The van der Waals surface area contributed by atoms with Gasteiger partial charge in [0.05, 0.1) is 11.3 Å². The third kappa shape index (κ3) is 4.90. The molecule has 1 aliphatic heterocycles. The van der Waals surface area contributed by atoms with Crippen molar-refractivity contribution in [1.82, 2.24) is 4.72 Å². The molecule has 0 fully saturated rings. The van der Waals surface area contributed by atoms with Crippen LogP contribution in [0.1, 0.15) is 28.7 Å². The van der Waals surface area contributed by atoms with Crippen molar-refractivity contribution < 1.29 is 23.1 Å². The average molecular weight is 450 g/mol. The van der Waals surface area contributed by atoms with Crippen LogP contribution in [-0.4, -0.2) is 26.0 Å². The van der Waals surface area contributed by atoms with E-state index < -0.39 is 16.0 Å². The molecule has 0 radical (unpaired) electrons. The third-order valence-electron chi connectivity index (χ3n) is 5.22. The Kier molecular flexibility index (Phi) is 6.39. The van der Waals surface area contributed by atoms with Crippen molar-refractivity contribution in [3.8, 4) is 5.75 Å². The van der Waals surface area contributed by atoms with Gasteiger partial charge in [-0.15, -0.1) is 0 Å². The van der Waals surface area contributed by atoms with Crippen molar-refractivity contribution in [1.29, 1.82) is 0 Å². The number of benzene rings is 3. The van der Waals surface area contributed by atoms with E-state index in [1.807, 2.05) is 36.4 Å². The van der Waals surface area contributed by atoms with E-state index in [0.29, 0.717) is 24.3 Å². The van der Waals surface area contributed by atoms with Crippen LogP contribution in [0.25, 0.3) is 5.57 Å². The van der Waals surface area contributed by atoms with Gasteiger partial charge in [-0.2, -0.15) is 0 Å². The first-order valence-electron chi connectivity index (χ1n) is 10.2. The Bertz CT molecular complexity index is 1270. The first-order chi connectivity index (χ1) is 15.4. The Hall–Kier alpha value is -3.42. The number of carbonyl (C=O) groups is 1. The van der Waals surface area contributed by atoms with Gasteiger partial charge in [0.25, 0.3) is 0 Å². The first kappa shape index (κ1) is 21.8. The second kappa shape index (κ2) is 9.38. The Morgan fingerprint density at radius 3 is 2.53 bits per heavy atom. The summed E-state index contributed by atoms with van der Waals surface area (Å²) in [7, 11) is -3.58. The van der Waals surface area contributed by atoms with E-state index >= 15 is 0 Å². The minimum atomic E-state index is -3.58. The number of hydrogen-bond acceptors (Lipinski definition) is 4. The van der Waals surface area contributed by atoms with Gasteiger partial charge in [-0.1, -0.05) is 54.6 Å². The Morgan fingerprint density at radius 2 is 1.75 bits per heavy atom. The zero-order valence-electron chi connectivity index (χ0n) is 17.3.